The Morgan fingerprint density at radius 1 is 1.38 bits per heavy atom. The number of rotatable bonds is 5. The highest BCUT2D eigenvalue weighted by Gasteiger charge is 2.15. The molecule has 0 radical (unpaired) electrons. The van der Waals surface area contributed by atoms with Crippen molar-refractivity contribution in [3.63, 3.8) is 0 Å². The van der Waals surface area contributed by atoms with Gasteiger partial charge in [-0.1, -0.05) is 18.2 Å². The van der Waals surface area contributed by atoms with Crippen LogP contribution in [0, 0.1) is 6.92 Å². The molecule has 0 saturated carbocycles. The molecule has 7 heteroatoms. The summed E-state index contributed by atoms with van der Waals surface area (Å²) in [6.07, 6.45) is 1.95. The maximum Gasteiger partial charge on any atom is 0.271 e. The van der Waals surface area contributed by atoms with Gasteiger partial charge in [-0.2, -0.15) is 0 Å². The zero-order valence-corrected chi connectivity index (χ0v) is 14.2. The van der Waals surface area contributed by atoms with E-state index in [2.05, 4.69) is 10.3 Å². The largest absolute Gasteiger partial charge is 0.496 e. The molecule has 0 fully saturated rings. The highest BCUT2D eigenvalue weighted by atomic mass is 32.1. The first-order valence-electron chi connectivity index (χ1n) is 7.47. The molecule has 124 valence electrons. The fourth-order valence-corrected chi connectivity index (χ4v) is 3.32. The first kappa shape index (κ1) is 16.2. The second kappa shape index (κ2) is 6.84. The number of fused-ring (bicyclic) bond motifs is 1. The van der Waals surface area contributed by atoms with E-state index in [9.17, 15) is 9.59 Å². The van der Waals surface area contributed by atoms with Crippen LogP contribution in [-0.2, 0) is 6.42 Å². The summed E-state index contributed by atoms with van der Waals surface area (Å²) < 4.78 is 6.74. The third-order valence-corrected chi connectivity index (χ3v) is 4.69. The van der Waals surface area contributed by atoms with Gasteiger partial charge in [-0.05, 0) is 25.0 Å². The van der Waals surface area contributed by atoms with Gasteiger partial charge in [0.1, 0.15) is 11.3 Å². The Kier molecular flexibility index (Phi) is 4.61. The summed E-state index contributed by atoms with van der Waals surface area (Å²) >= 11 is 1.37. The Bertz CT molecular complexity index is 946. The number of amides is 1. The van der Waals surface area contributed by atoms with E-state index in [1.54, 1.807) is 7.11 Å². The number of thiazole rings is 1. The first-order valence-corrected chi connectivity index (χ1v) is 8.35. The van der Waals surface area contributed by atoms with Crippen LogP contribution in [0.5, 0.6) is 5.75 Å². The molecule has 0 spiro atoms. The molecule has 2 heterocycles. The van der Waals surface area contributed by atoms with Gasteiger partial charge in [0.2, 0.25) is 0 Å². The molecule has 0 atom stereocenters. The average molecular weight is 343 g/mol. The highest BCUT2D eigenvalue weighted by molar-refractivity contribution is 7.15. The van der Waals surface area contributed by atoms with Crippen molar-refractivity contribution in [3.05, 3.63) is 63.0 Å². The Morgan fingerprint density at radius 2 is 2.17 bits per heavy atom. The first-order chi connectivity index (χ1) is 11.6. The predicted octanol–water partition coefficient (Wildman–Crippen LogP) is 2.05. The second-order valence-electron chi connectivity index (χ2n) is 5.29. The molecule has 0 unspecified atom stereocenters. The number of carbonyl (C=O) groups excluding carboxylic acids is 1. The van der Waals surface area contributed by atoms with Crippen molar-refractivity contribution in [2.24, 2.45) is 0 Å². The molecular formula is C17H17N3O3S. The fourth-order valence-electron chi connectivity index (χ4n) is 2.50. The number of para-hydroxylation sites is 1. The molecule has 1 N–H and O–H groups in total. The molecule has 1 aromatic carbocycles. The molecule has 0 aliphatic heterocycles. The molecule has 3 rings (SSSR count). The Labute approximate surface area is 142 Å². The zero-order valence-electron chi connectivity index (χ0n) is 13.4. The van der Waals surface area contributed by atoms with Gasteiger partial charge in [-0.15, -0.1) is 11.3 Å². The van der Waals surface area contributed by atoms with Crippen molar-refractivity contribution >= 4 is 22.2 Å². The molecule has 6 nitrogen and oxygen atoms in total. The number of nitrogens with one attached hydrogen (secondary N) is 1. The minimum Gasteiger partial charge on any atom is -0.496 e. The predicted molar refractivity (Wildman–Crippen MR) is 93.1 cm³/mol. The maximum absolute atomic E-state index is 12.4. The maximum atomic E-state index is 12.4. The summed E-state index contributed by atoms with van der Waals surface area (Å²) in [6.45, 7) is 2.22. The monoisotopic (exact) mass is 343 g/mol. The smallest absolute Gasteiger partial charge is 0.271 e. The van der Waals surface area contributed by atoms with Crippen molar-refractivity contribution in [1.29, 1.82) is 0 Å². The van der Waals surface area contributed by atoms with E-state index in [1.165, 1.54) is 21.9 Å². The van der Waals surface area contributed by atoms with Crippen molar-refractivity contribution in [3.8, 4) is 5.75 Å². The lowest BCUT2D eigenvalue weighted by Gasteiger charge is -2.09. The lowest BCUT2D eigenvalue weighted by atomic mass is 10.1. The molecule has 0 saturated heterocycles. The highest BCUT2D eigenvalue weighted by Crippen LogP contribution is 2.17. The van der Waals surface area contributed by atoms with Crippen LogP contribution in [0.1, 0.15) is 21.6 Å². The van der Waals surface area contributed by atoms with Gasteiger partial charge in [0.15, 0.2) is 4.96 Å². The number of aromatic nitrogens is 2. The molecule has 0 aliphatic carbocycles. The SMILES string of the molecule is COc1ccccc1CCNC(=O)c1cnc2scc(C)n2c1=O. The van der Waals surface area contributed by atoms with E-state index in [1.807, 2.05) is 36.6 Å². The Balaban J connectivity index is 1.73. The Hall–Kier alpha value is -2.67. The second-order valence-corrected chi connectivity index (χ2v) is 6.13. The molecule has 0 bridgehead atoms. The van der Waals surface area contributed by atoms with Gasteiger partial charge in [0, 0.05) is 23.8 Å². The van der Waals surface area contributed by atoms with E-state index in [-0.39, 0.29) is 11.1 Å². The third-order valence-electron chi connectivity index (χ3n) is 3.73. The summed E-state index contributed by atoms with van der Waals surface area (Å²) in [5.41, 5.74) is 1.48. The molecule has 2 aromatic heterocycles. The molecule has 24 heavy (non-hydrogen) atoms. The number of hydrogen-bond donors (Lipinski definition) is 1. The van der Waals surface area contributed by atoms with E-state index in [0.29, 0.717) is 17.9 Å². The summed E-state index contributed by atoms with van der Waals surface area (Å²) in [5.74, 6) is 0.367. The van der Waals surface area contributed by atoms with Crippen LogP contribution in [0.4, 0.5) is 0 Å². The van der Waals surface area contributed by atoms with Crippen molar-refractivity contribution in [2.75, 3.05) is 13.7 Å². The van der Waals surface area contributed by atoms with E-state index in [4.69, 9.17) is 4.74 Å². The number of ether oxygens (including phenoxy) is 1. The summed E-state index contributed by atoms with van der Waals surface area (Å²) in [5, 5.41) is 4.61. The Morgan fingerprint density at radius 3 is 2.96 bits per heavy atom. The number of carbonyl (C=O) groups is 1. The van der Waals surface area contributed by atoms with E-state index >= 15 is 0 Å². The number of methoxy groups -OCH3 is 1. The molecule has 3 aromatic rings. The van der Waals surface area contributed by atoms with Gasteiger partial charge in [-0.3, -0.25) is 14.0 Å². The lowest BCUT2D eigenvalue weighted by Crippen LogP contribution is -2.32. The van der Waals surface area contributed by atoms with Crippen LogP contribution >= 0.6 is 11.3 Å². The number of hydrogen-bond acceptors (Lipinski definition) is 5. The van der Waals surface area contributed by atoms with Crippen LogP contribution < -0.4 is 15.6 Å². The third kappa shape index (κ3) is 3.03. The molecule has 0 aliphatic rings. The lowest BCUT2D eigenvalue weighted by molar-refractivity contribution is 0.0952. The van der Waals surface area contributed by atoms with Crippen molar-refractivity contribution < 1.29 is 9.53 Å². The standard InChI is InChI=1S/C17H17N3O3S/c1-11-10-24-17-19-9-13(16(22)20(11)17)15(21)18-8-7-12-5-3-4-6-14(12)23-2/h3-6,9-10H,7-8H2,1-2H3,(H,18,21). The van der Waals surface area contributed by atoms with Crippen LogP contribution in [0.15, 0.2) is 40.6 Å². The van der Waals surface area contributed by atoms with Crippen LogP contribution in [0.3, 0.4) is 0 Å². The quantitative estimate of drug-likeness (QED) is 0.769. The zero-order chi connectivity index (χ0) is 17.1. The summed E-state index contributed by atoms with van der Waals surface area (Å²) in [4.78, 5) is 29.5. The number of aryl methyl sites for hydroxylation is 1. The summed E-state index contributed by atoms with van der Waals surface area (Å²) in [7, 11) is 1.61. The normalized spacial score (nSPS) is 10.8. The van der Waals surface area contributed by atoms with Gasteiger partial charge in [-0.25, -0.2) is 4.98 Å². The van der Waals surface area contributed by atoms with Crippen LogP contribution in [0.2, 0.25) is 0 Å². The van der Waals surface area contributed by atoms with Gasteiger partial charge in [0.25, 0.3) is 11.5 Å². The summed E-state index contributed by atoms with van der Waals surface area (Å²) in [6, 6.07) is 7.64. The van der Waals surface area contributed by atoms with Crippen LogP contribution in [-0.4, -0.2) is 28.9 Å². The van der Waals surface area contributed by atoms with Gasteiger partial charge in [0.05, 0.1) is 7.11 Å². The van der Waals surface area contributed by atoms with Gasteiger partial charge >= 0.3 is 0 Å². The topological polar surface area (TPSA) is 72.7 Å². The number of nitrogens with zero attached hydrogens (tertiary/aromatic N) is 2. The average Bonchev–Trinajstić information content (AvgIpc) is 2.97. The van der Waals surface area contributed by atoms with Crippen molar-refractivity contribution in [2.45, 2.75) is 13.3 Å². The minimum atomic E-state index is -0.414. The van der Waals surface area contributed by atoms with Gasteiger partial charge < -0.3 is 10.1 Å². The van der Waals surface area contributed by atoms with Crippen molar-refractivity contribution in [1.82, 2.24) is 14.7 Å². The van der Waals surface area contributed by atoms with E-state index in [0.717, 1.165) is 17.0 Å². The van der Waals surface area contributed by atoms with Crippen LogP contribution in [0.25, 0.3) is 4.96 Å². The molecule has 1 amide bonds. The number of benzene rings is 1. The fraction of sp³-hybridized carbons (Fsp3) is 0.235. The van der Waals surface area contributed by atoms with E-state index < -0.39 is 5.91 Å². The minimum absolute atomic E-state index is 0.0500. The molecular weight excluding hydrogens is 326 g/mol.